The molecule has 1 amide bonds. The van der Waals surface area contributed by atoms with E-state index in [1.165, 1.54) is 24.1 Å². The number of hydrogen-bond acceptors (Lipinski definition) is 5. The summed E-state index contributed by atoms with van der Waals surface area (Å²) in [7, 11) is 1.50. The Kier molecular flexibility index (Phi) is 6.80. The number of aliphatic hydroxyl groups is 1. The van der Waals surface area contributed by atoms with Gasteiger partial charge in [-0.05, 0) is 73.5 Å². The smallest absolute Gasteiger partial charge is 0.300 e. The van der Waals surface area contributed by atoms with E-state index in [0.29, 0.717) is 29.2 Å². The number of methoxy groups -OCH3 is 1. The number of aryl methyl sites for hydroxylation is 1. The number of amides is 1. The van der Waals surface area contributed by atoms with Gasteiger partial charge in [0.15, 0.2) is 0 Å². The fourth-order valence-corrected chi connectivity index (χ4v) is 4.31. The summed E-state index contributed by atoms with van der Waals surface area (Å²) in [5.41, 5.74) is 1.75. The Bertz CT molecular complexity index is 1350. The van der Waals surface area contributed by atoms with Gasteiger partial charge in [-0.3, -0.25) is 14.5 Å². The van der Waals surface area contributed by atoms with Crippen molar-refractivity contribution < 1.29 is 28.6 Å². The molecule has 6 nitrogen and oxygen atoms in total. The molecule has 1 fully saturated rings. The van der Waals surface area contributed by atoms with Crippen LogP contribution in [-0.4, -0.2) is 30.5 Å². The van der Waals surface area contributed by atoms with Crippen molar-refractivity contribution in [3.05, 3.63) is 93.8 Å². The zero-order chi connectivity index (χ0) is 25.3. The van der Waals surface area contributed by atoms with Gasteiger partial charge in [0, 0.05) is 11.3 Å². The Morgan fingerprint density at radius 2 is 1.89 bits per heavy atom. The molecule has 0 radical (unpaired) electrons. The highest BCUT2D eigenvalue weighted by Crippen LogP contribution is 2.43. The standard InChI is InChI=1S/C27H23ClFNO5/c1-4-35-22-11-8-17(12-15(22)2)25(31)23-24(16-6-5-7-19(13-16)34-3)30(27(33)26(23)32)18-9-10-21(29)20(28)14-18/h5-14,24,31H,4H2,1-3H3/b25-23+. The molecule has 1 N–H and O–H groups in total. The molecule has 1 aliphatic heterocycles. The van der Waals surface area contributed by atoms with Crippen molar-refractivity contribution in [2.24, 2.45) is 0 Å². The first kappa shape index (κ1) is 24.3. The SMILES string of the molecule is CCOc1ccc(/C(O)=C2\C(=O)C(=O)N(c3ccc(F)c(Cl)c3)C2c2cccc(OC)c2)cc1C. The maximum absolute atomic E-state index is 13.9. The first-order chi connectivity index (χ1) is 16.8. The molecule has 1 heterocycles. The van der Waals surface area contributed by atoms with E-state index in [1.807, 2.05) is 13.8 Å². The first-order valence-electron chi connectivity index (χ1n) is 10.9. The van der Waals surface area contributed by atoms with E-state index in [0.717, 1.165) is 11.6 Å². The van der Waals surface area contributed by atoms with E-state index in [-0.39, 0.29) is 22.0 Å². The minimum atomic E-state index is -1.00. The van der Waals surface area contributed by atoms with Gasteiger partial charge in [0.25, 0.3) is 11.7 Å². The van der Waals surface area contributed by atoms with Crippen LogP contribution < -0.4 is 14.4 Å². The quantitative estimate of drug-likeness (QED) is 0.265. The second-order valence-corrected chi connectivity index (χ2v) is 8.36. The Labute approximate surface area is 207 Å². The maximum Gasteiger partial charge on any atom is 0.300 e. The third-order valence-electron chi connectivity index (χ3n) is 5.78. The minimum Gasteiger partial charge on any atom is -0.507 e. The highest BCUT2D eigenvalue weighted by Gasteiger charge is 2.47. The number of carbonyl (C=O) groups excluding carboxylic acids is 2. The van der Waals surface area contributed by atoms with E-state index in [4.69, 9.17) is 21.1 Å². The summed E-state index contributed by atoms with van der Waals surface area (Å²) in [6.45, 7) is 4.17. The molecule has 1 unspecified atom stereocenters. The van der Waals surface area contributed by atoms with Crippen molar-refractivity contribution in [2.45, 2.75) is 19.9 Å². The van der Waals surface area contributed by atoms with Gasteiger partial charge in [0.05, 0.1) is 30.4 Å². The van der Waals surface area contributed by atoms with Gasteiger partial charge in [-0.2, -0.15) is 0 Å². The van der Waals surface area contributed by atoms with Crippen LogP contribution in [0.3, 0.4) is 0 Å². The van der Waals surface area contributed by atoms with Crippen molar-refractivity contribution >= 4 is 34.7 Å². The van der Waals surface area contributed by atoms with Gasteiger partial charge in [-0.25, -0.2) is 4.39 Å². The molecule has 1 saturated heterocycles. The Morgan fingerprint density at radius 3 is 2.54 bits per heavy atom. The number of hydrogen-bond donors (Lipinski definition) is 1. The molecule has 35 heavy (non-hydrogen) atoms. The number of ketones is 1. The molecule has 0 bridgehead atoms. The van der Waals surface area contributed by atoms with Gasteiger partial charge < -0.3 is 14.6 Å². The van der Waals surface area contributed by atoms with E-state index in [2.05, 4.69) is 0 Å². The average Bonchev–Trinajstić information content (AvgIpc) is 3.12. The van der Waals surface area contributed by atoms with E-state index >= 15 is 0 Å². The molecular weight excluding hydrogens is 473 g/mol. The van der Waals surface area contributed by atoms with Gasteiger partial charge in [-0.1, -0.05) is 23.7 Å². The molecule has 0 aromatic heterocycles. The van der Waals surface area contributed by atoms with Crippen molar-refractivity contribution in [1.82, 2.24) is 0 Å². The number of rotatable bonds is 6. The highest BCUT2D eigenvalue weighted by molar-refractivity contribution is 6.51. The number of halogens is 2. The van der Waals surface area contributed by atoms with Crippen LogP contribution in [0.15, 0.2) is 66.2 Å². The predicted molar refractivity (Wildman–Crippen MR) is 132 cm³/mol. The minimum absolute atomic E-state index is 0.104. The normalized spacial score (nSPS) is 17.1. The van der Waals surface area contributed by atoms with Gasteiger partial charge in [0.2, 0.25) is 0 Å². The summed E-state index contributed by atoms with van der Waals surface area (Å²) in [6, 6.07) is 14.6. The molecule has 0 spiro atoms. The van der Waals surface area contributed by atoms with Crippen LogP contribution in [0.4, 0.5) is 10.1 Å². The highest BCUT2D eigenvalue weighted by atomic mass is 35.5. The van der Waals surface area contributed by atoms with Crippen LogP contribution >= 0.6 is 11.6 Å². The van der Waals surface area contributed by atoms with Crippen LogP contribution in [0.5, 0.6) is 11.5 Å². The molecule has 3 aromatic carbocycles. The van der Waals surface area contributed by atoms with Crippen LogP contribution in [0.1, 0.15) is 29.7 Å². The lowest BCUT2D eigenvalue weighted by molar-refractivity contribution is -0.132. The van der Waals surface area contributed by atoms with E-state index in [9.17, 15) is 19.1 Å². The molecule has 0 saturated carbocycles. The van der Waals surface area contributed by atoms with E-state index < -0.39 is 23.5 Å². The molecular formula is C27H23ClFNO5. The third kappa shape index (κ3) is 4.47. The van der Waals surface area contributed by atoms with Crippen molar-refractivity contribution in [2.75, 3.05) is 18.6 Å². The topological polar surface area (TPSA) is 76.1 Å². The number of Topliss-reactive ketones (excluding diaryl/α,β-unsaturated/α-hetero) is 1. The zero-order valence-electron chi connectivity index (χ0n) is 19.3. The Balaban J connectivity index is 1.93. The summed E-state index contributed by atoms with van der Waals surface area (Å²) in [5, 5.41) is 11.1. The van der Waals surface area contributed by atoms with Crippen molar-refractivity contribution in [1.29, 1.82) is 0 Å². The molecule has 1 atom stereocenters. The predicted octanol–water partition coefficient (Wildman–Crippen LogP) is 5.82. The second kappa shape index (κ2) is 9.80. The molecule has 180 valence electrons. The Morgan fingerprint density at radius 1 is 1.11 bits per heavy atom. The fraction of sp³-hybridized carbons (Fsp3) is 0.185. The molecule has 3 aromatic rings. The lowest BCUT2D eigenvalue weighted by Crippen LogP contribution is -2.29. The lowest BCUT2D eigenvalue weighted by Gasteiger charge is -2.26. The molecule has 8 heteroatoms. The molecule has 0 aliphatic carbocycles. The van der Waals surface area contributed by atoms with Gasteiger partial charge >= 0.3 is 0 Å². The molecule has 4 rings (SSSR count). The summed E-state index contributed by atoms with van der Waals surface area (Å²) < 4.78 is 24.7. The van der Waals surface area contributed by atoms with Crippen molar-refractivity contribution in [3.63, 3.8) is 0 Å². The number of carbonyl (C=O) groups is 2. The third-order valence-corrected chi connectivity index (χ3v) is 6.07. The van der Waals surface area contributed by atoms with Crippen LogP contribution in [-0.2, 0) is 9.59 Å². The number of ether oxygens (including phenoxy) is 2. The number of anilines is 1. The largest absolute Gasteiger partial charge is 0.507 e. The lowest BCUT2D eigenvalue weighted by atomic mass is 9.94. The molecule has 1 aliphatic rings. The van der Waals surface area contributed by atoms with Crippen LogP contribution in [0.25, 0.3) is 5.76 Å². The maximum atomic E-state index is 13.9. The number of nitrogens with zero attached hydrogens (tertiary/aromatic N) is 1. The van der Waals surface area contributed by atoms with Gasteiger partial charge in [0.1, 0.15) is 23.1 Å². The fourth-order valence-electron chi connectivity index (χ4n) is 4.13. The number of benzene rings is 3. The second-order valence-electron chi connectivity index (χ2n) is 7.96. The Hall–Kier alpha value is -3.84. The summed E-state index contributed by atoms with van der Waals surface area (Å²) >= 11 is 5.98. The number of aliphatic hydroxyl groups excluding tert-OH is 1. The van der Waals surface area contributed by atoms with Crippen LogP contribution in [0, 0.1) is 12.7 Å². The van der Waals surface area contributed by atoms with Crippen LogP contribution in [0.2, 0.25) is 5.02 Å². The first-order valence-corrected chi connectivity index (χ1v) is 11.3. The summed E-state index contributed by atoms with van der Waals surface area (Å²) in [4.78, 5) is 27.7. The summed E-state index contributed by atoms with van der Waals surface area (Å²) in [6.07, 6.45) is 0. The van der Waals surface area contributed by atoms with Gasteiger partial charge in [-0.15, -0.1) is 0 Å². The van der Waals surface area contributed by atoms with Crippen molar-refractivity contribution in [3.8, 4) is 11.5 Å². The monoisotopic (exact) mass is 495 g/mol. The average molecular weight is 496 g/mol. The van der Waals surface area contributed by atoms with E-state index in [1.54, 1.807) is 42.5 Å². The zero-order valence-corrected chi connectivity index (χ0v) is 20.1. The summed E-state index contributed by atoms with van der Waals surface area (Å²) in [5.74, 6) is -1.59.